The van der Waals surface area contributed by atoms with Crippen LogP contribution in [0, 0.1) is 10.1 Å². The Morgan fingerprint density at radius 1 is 1.50 bits per heavy atom. The molecule has 130 valence electrons. The van der Waals surface area contributed by atoms with Crippen molar-refractivity contribution in [3.8, 4) is 0 Å². The monoisotopic (exact) mass is 373 g/mol. The van der Waals surface area contributed by atoms with Crippen molar-refractivity contribution in [2.24, 2.45) is 0 Å². The Kier molecular flexibility index (Phi) is 6.03. The first-order valence-corrected chi connectivity index (χ1v) is 8.56. The van der Waals surface area contributed by atoms with Gasteiger partial charge in [0.2, 0.25) is 5.91 Å². The Balaban J connectivity index is 1.98. The van der Waals surface area contributed by atoms with Crippen LogP contribution in [-0.4, -0.2) is 47.5 Å². The Bertz CT molecular complexity index is 664. The summed E-state index contributed by atoms with van der Waals surface area (Å²) in [4.78, 5) is 34.1. The summed E-state index contributed by atoms with van der Waals surface area (Å²) in [5.74, 6) is 0.531. The minimum Gasteiger partial charge on any atom is -0.468 e. The first-order valence-electron chi connectivity index (χ1n) is 7.03. The van der Waals surface area contributed by atoms with Gasteiger partial charge in [0.25, 0.3) is 5.69 Å². The highest BCUT2D eigenvalue weighted by Gasteiger charge is 2.42. The molecule has 2 N–H and O–H groups in total. The van der Waals surface area contributed by atoms with Crippen molar-refractivity contribution < 1.29 is 19.2 Å². The number of nitro groups is 1. The first kappa shape index (κ1) is 18.5. The van der Waals surface area contributed by atoms with Crippen molar-refractivity contribution in [2.45, 2.75) is 12.0 Å². The SMILES string of the molecule is COC(=O)[C@]1(NCC(=O)Nc2ccc([N+](=O)[O-])cc2Cl)CCSC1. The fourth-order valence-corrected chi connectivity index (χ4v) is 3.87. The van der Waals surface area contributed by atoms with Crippen LogP contribution in [0.1, 0.15) is 6.42 Å². The summed E-state index contributed by atoms with van der Waals surface area (Å²) in [6, 6.07) is 3.77. The van der Waals surface area contributed by atoms with Gasteiger partial charge in [-0.2, -0.15) is 11.8 Å². The molecule has 10 heteroatoms. The second-order valence-electron chi connectivity index (χ2n) is 5.20. The topological polar surface area (TPSA) is 111 Å². The third kappa shape index (κ3) is 4.16. The summed E-state index contributed by atoms with van der Waals surface area (Å²) in [6.45, 7) is -0.108. The van der Waals surface area contributed by atoms with Gasteiger partial charge in [-0.1, -0.05) is 11.6 Å². The highest BCUT2D eigenvalue weighted by molar-refractivity contribution is 7.99. The van der Waals surface area contributed by atoms with Crippen LogP contribution in [0.25, 0.3) is 0 Å². The molecule has 0 aliphatic carbocycles. The predicted molar refractivity (Wildman–Crippen MR) is 91.4 cm³/mol. The lowest BCUT2D eigenvalue weighted by Gasteiger charge is -2.26. The summed E-state index contributed by atoms with van der Waals surface area (Å²) in [6.07, 6.45) is 0.579. The molecule has 0 unspecified atom stereocenters. The predicted octanol–water partition coefficient (Wildman–Crippen LogP) is 1.82. The zero-order valence-corrected chi connectivity index (χ0v) is 14.4. The van der Waals surface area contributed by atoms with Crippen LogP contribution >= 0.6 is 23.4 Å². The van der Waals surface area contributed by atoms with E-state index in [2.05, 4.69) is 10.6 Å². The van der Waals surface area contributed by atoms with Crippen molar-refractivity contribution in [1.29, 1.82) is 0 Å². The molecule has 1 aromatic rings. The lowest BCUT2D eigenvalue weighted by atomic mass is 9.99. The summed E-state index contributed by atoms with van der Waals surface area (Å²) in [7, 11) is 1.31. The van der Waals surface area contributed by atoms with Crippen LogP contribution in [0.5, 0.6) is 0 Å². The summed E-state index contributed by atoms with van der Waals surface area (Å²) >= 11 is 7.54. The molecule has 1 aromatic carbocycles. The number of carbonyl (C=O) groups is 2. The number of methoxy groups -OCH3 is 1. The second kappa shape index (κ2) is 7.82. The van der Waals surface area contributed by atoms with Crippen LogP contribution in [0.3, 0.4) is 0 Å². The number of benzene rings is 1. The maximum absolute atomic E-state index is 12.1. The second-order valence-corrected chi connectivity index (χ2v) is 6.71. The van der Waals surface area contributed by atoms with Gasteiger partial charge in [0.15, 0.2) is 0 Å². The molecule has 2 rings (SSSR count). The maximum Gasteiger partial charge on any atom is 0.326 e. The van der Waals surface area contributed by atoms with E-state index in [0.29, 0.717) is 12.2 Å². The fraction of sp³-hybridized carbons (Fsp3) is 0.429. The number of halogens is 1. The first-order chi connectivity index (χ1) is 11.4. The number of anilines is 1. The van der Waals surface area contributed by atoms with Crippen molar-refractivity contribution in [3.63, 3.8) is 0 Å². The number of hydrogen-bond donors (Lipinski definition) is 2. The van der Waals surface area contributed by atoms with E-state index in [4.69, 9.17) is 16.3 Å². The Hall–Kier alpha value is -1.84. The van der Waals surface area contributed by atoms with Crippen LogP contribution in [0.4, 0.5) is 11.4 Å². The molecule has 1 amide bonds. The number of ether oxygens (including phenoxy) is 1. The smallest absolute Gasteiger partial charge is 0.326 e. The highest BCUT2D eigenvalue weighted by Crippen LogP contribution is 2.29. The van der Waals surface area contributed by atoms with E-state index in [0.717, 1.165) is 11.8 Å². The quantitative estimate of drug-likeness (QED) is 0.444. The van der Waals surface area contributed by atoms with Crippen molar-refractivity contribution in [2.75, 3.05) is 30.5 Å². The fourth-order valence-electron chi connectivity index (χ4n) is 2.30. The van der Waals surface area contributed by atoms with E-state index < -0.39 is 22.3 Å². The molecule has 0 aromatic heterocycles. The van der Waals surface area contributed by atoms with E-state index in [1.54, 1.807) is 11.8 Å². The summed E-state index contributed by atoms with van der Waals surface area (Å²) < 4.78 is 4.81. The number of thioether (sulfide) groups is 1. The van der Waals surface area contributed by atoms with Crippen molar-refractivity contribution in [1.82, 2.24) is 5.32 Å². The van der Waals surface area contributed by atoms with E-state index >= 15 is 0 Å². The Morgan fingerprint density at radius 2 is 2.25 bits per heavy atom. The van der Waals surface area contributed by atoms with Gasteiger partial charge in [-0.05, 0) is 18.2 Å². The Morgan fingerprint density at radius 3 is 2.79 bits per heavy atom. The minimum absolute atomic E-state index is 0.0663. The number of esters is 1. The van der Waals surface area contributed by atoms with Gasteiger partial charge in [0.1, 0.15) is 5.54 Å². The molecule has 1 atom stereocenters. The van der Waals surface area contributed by atoms with Gasteiger partial charge in [0, 0.05) is 17.9 Å². The standard InChI is InChI=1S/C14H16ClN3O5S/c1-23-13(20)14(4-5-24-8-14)16-7-12(19)17-11-3-2-9(18(21)22)6-10(11)15/h2-3,6,16H,4-5,7-8H2,1H3,(H,17,19)/t14-/m0/s1. The Labute approximate surface area is 147 Å². The molecule has 0 bridgehead atoms. The lowest BCUT2D eigenvalue weighted by Crippen LogP contribution is -2.55. The number of rotatable bonds is 6. The number of carbonyl (C=O) groups excluding carboxylic acids is 2. The van der Waals surface area contributed by atoms with Crippen LogP contribution in [0.2, 0.25) is 5.02 Å². The largest absolute Gasteiger partial charge is 0.468 e. The molecule has 1 aliphatic rings. The lowest BCUT2D eigenvalue weighted by molar-refractivity contribution is -0.384. The molecule has 8 nitrogen and oxygen atoms in total. The minimum atomic E-state index is -0.865. The molecule has 0 spiro atoms. The van der Waals surface area contributed by atoms with Gasteiger partial charge in [-0.3, -0.25) is 25.0 Å². The van der Waals surface area contributed by atoms with E-state index in [1.165, 1.54) is 19.2 Å². The maximum atomic E-state index is 12.1. The zero-order chi connectivity index (χ0) is 17.7. The number of hydrogen-bond acceptors (Lipinski definition) is 7. The number of nitro benzene ring substituents is 1. The molecular formula is C14H16ClN3O5S. The molecule has 1 aliphatic heterocycles. The number of nitrogens with one attached hydrogen (secondary N) is 2. The molecular weight excluding hydrogens is 358 g/mol. The average Bonchev–Trinajstić information content (AvgIpc) is 3.04. The van der Waals surface area contributed by atoms with Crippen molar-refractivity contribution >= 4 is 46.6 Å². The highest BCUT2D eigenvalue weighted by atomic mass is 35.5. The molecule has 0 saturated carbocycles. The van der Waals surface area contributed by atoms with E-state index in [-0.39, 0.29) is 22.9 Å². The number of nitrogens with zero attached hydrogens (tertiary/aromatic N) is 1. The molecule has 1 heterocycles. The number of non-ortho nitro benzene ring substituents is 1. The molecule has 0 radical (unpaired) electrons. The van der Waals surface area contributed by atoms with Crippen LogP contribution < -0.4 is 10.6 Å². The van der Waals surface area contributed by atoms with Gasteiger partial charge in [-0.15, -0.1) is 0 Å². The van der Waals surface area contributed by atoms with E-state index in [9.17, 15) is 19.7 Å². The molecule has 24 heavy (non-hydrogen) atoms. The van der Waals surface area contributed by atoms with Gasteiger partial charge >= 0.3 is 5.97 Å². The van der Waals surface area contributed by atoms with E-state index in [1.807, 2.05) is 0 Å². The third-order valence-electron chi connectivity index (χ3n) is 3.62. The van der Waals surface area contributed by atoms with Crippen LogP contribution in [-0.2, 0) is 14.3 Å². The third-order valence-corrected chi connectivity index (χ3v) is 5.13. The van der Waals surface area contributed by atoms with Gasteiger partial charge < -0.3 is 10.1 Å². The summed E-state index contributed by atoms with van der Waals surface area (Å²) in [5, 5.41) is 16.2. The number of amides is 1. The molecule has 1 fully saturated rings. The summed E-state index contributed by atoms with van der Waals surface area (Å²) in [5.41, 5.74) is -0.763. The molecule has 1 saturated heterocycles. The van der Waals surface area contributed by atoms with Gasteiger partial charge in [-0.25, -0.2) is 0 Å². The average molecular weight is 374 g/mol. The van der Waals surface area contributed by atoms with Gasteiger partial charge in [0.05, 0.1) is 29.3 Å². The zero-order valence-electron chi connectivity index (χ0n) is 12.8. The van der Waals surface area contributed by atoms with Crippen molar-refractivity contribution in [3.05, 3.63) is 33.3 Å². The van der Waals surface area contributed by atoms with Crippen LogP contribution in [0.15, 0.2) is 18.2 Å². The normalized spacial score (nSPS) is 19.8.